The fraction of sp³-hybridized carbons (Fsp3) is 0.500. The number of pyridine rings is 1. The lowest BCUT2D eigenvalue weighted by Gasteiger charge is -2.20. The molecule has 1 aromatic heterocycles. The fourth-order valence-electron chi connectivity index (χ4n) is 1.80. The van der Waals surface area contributed by atoms with Crippen LogP contribution in [0.15, 0.2) is 18.3 Å². The van der Waals surface area contributed by atoms with Crippen LogP contribution in [0.5, 0.6) is 0 Å². The Kier molecular flexibility index (Phi) is 3.11. The highest BCUT2D eigenvalue weighted by Crippen LogP contribution is 2.18. The number of carbonyl (C=O) groups excluding carboxylic acids is 1. The van der Waals surface area contributed by atoms with Gasteiger partial charge in [-0.25, -0.2) is 0 Å². The molecule has 0 spiro atoms. The van der Waals surface area contributed by atoms with Gasteiger partial charge >= 0.3 is 0 Å². The minimum atomic E-state index is 0.0308. The van der Waals surface area contributed by atoms with Crippen molar-refractivity contribution in [1.29, 1.82) is 0 Å². The SMILES string of the molecule is Cc1ccc(C(=O)C2CCCOC2)cn1. The van der Waals surface area contributed by atoms with Crippen LogP contribution >= 0.6 is 0 Å². The first kappa shape index (κ1) is 10.3. The summed E-state index contributed by atoms with van der Waals surface area (Å²) in [6, 6.07) is 3.72. The van der Waals surface area contributed by atoms with E-state index in [2.05, 4.69) is 4.98 Å². The number of hydrogen-bond acceptors (Lipinski definition) is 3. The lowest BCUT2D eigenvalue weighted by Crippen LogP contribution is -2.25. The predicted octanol–water partition coefficient (Wildman–Crippen LogP) is 2.00. The molecule has 0 radical (unpaired) electrons. The molecule has 0 N–H and O–H groups in total. The smallest absolute Gasteiger partial charge is 0.169 e. The van der Waals surface area contributed by atoms with Crippen molar-refractivity contribution in [3.63, 3.8) is 0 Å². The molecule has 1 fully saturated rings. The van der Waals surface area contributed by atoms with E-state index in [1.54, 1.807) is 6.20 Å². The standard InChI is InChI=1S/C12H15NO2/c1-9-4-5-10(7-13-9)12(14)11-3-2-6-15-8-11/h4-5,7,11H,2-3,6,8H2,1H3. The van der Waals surface area contributed by atoms with E-state index in [4.69, 9.17) is 4.74 Å². The average molecular weight is 205 g/mol. The summed E-state index contributed by atoms with van der Waals surface area (Å²) in [5.74, 6) is 0.199. The summed E-state index contributed by atoms with van der Waals surface area (Å²) in [5, 5.41) is 0. The molecule has 1 aliphatic rings. The lowest BCUT2D eigenvalue weighted by molar-refractivity contribution is 0.0461. The molecular weight excluding hydrogens is 190 g/mol. The molecular formula is C12H15NO2. The number of aryl methyl sites for hydroxylation is 1. The number of hydrogen-bond donors (Lipinski definition) is 0. The third-order valence-corrected chi connectivity index (χ3v) is 2.73. The molecule has 1 aromatic rings. The Morgan fingerprint density at radius 1 is 1.53 bits per heavy atom. The summed E-state index contributed by atoms with van der Waals surface area (Å²) in [5.41, 5.74) is 1.64. The van der Waals surface area contributed by atoms with Gasteiger partial charge in [-0.05, 0) is 31.9 Å². The van der Waals surface area contributed by atoms with Crippen LogP contribution in [0.2, 0.25) is 0 Å². The summed E-state index contributed by atoms with van der Waals surface area (Å²) in [4.78, 5) is 16.1. The van der Waals surface area contributed by atoms with Crippen molar-refractivity contribution in [2.75, 3.05) is 13.2 Å². The quantitative estimate of drug-likeness (QED) is 0.693. The van der Waals surface area contributed by atoms with Crippen molar-refractivity contribution in [3.05, 3.63) is 29.6 Å². The third-order valence-electron chi connectivity index (χ3n) is 2.73. The molecule has 80 valence electrons. The van der Waals surface area contributed by atoms with Gasteiger partial charge in [0.1, 0.15) is 0 Å². The zero-order chi connectivity index (χ0) is 10.7. The lowest BCUT2D eigenvalue weighted by atomic mass is 9.93. The number of rotatable bonds is 2. The summed E-state index contributed by atoms with van der Waals surface area (Å²) in [7, 11) is 0. The van der Waals surface area contributed by atoms with Crippen molar-refractivity contribution in [3.8, 4) is 0 Å². The second-order valence-electron chi connectivity index (χ2n) is 3.97. The van der Waals surface area contributed by atoms with Crippen LogP contribution in [-0.2, 0) is 4.74 Å². The second kappa shape index (κ2) is 4.53. The molecule has 0 bridgehead atoms. The highest BCUT2D eigenvalue weighted by Gasteiger charge is 2.22. The molecule has 0 aliphatic carbocycles. The average Bonchev–Trinajstić information content (AvgIpc) is 2.30. The van der Waals surface area contributed by atoms with Crippen LogP contribution < -0.4 is 0 Å². The predicted molar refractivity (Wildman–Crippen MR) is 56.8 cm³/mol. The highest BCUT2D eigenvalue weighted by molar-refractivity contribution is 5.97. The van der Waals surface area contributed by atoms with Crippen molar-refractivity contribution in [2.24, 2.45) is 5.92 Å². The largest absolute Gasteiger partial charge is 0.381 e. The van der Waals surface area contributed by atoms with Gasteiger partial charge in [0.05, 0.1) is 6.61 Å². The molecule has 3 nitrogen and oxygen atoms in total. The summed E-state index contributed by atoms with van der Waals surface area (Å²) in [6.07, 6.45) is 3.58. The molecule has 0 amide bonds. The van der Waals surface area contributed by atoms with Gasteiger partial charge in [0, 0.05) is 30.0 Å². The van der Waals surface area contributed by atoms with E-state index in [-0.39, 0.29) is 11.7 Å². The minimum Gasteiger partial charge on any atom is -0.381 e. The normalized spacial score (nSPS) is 21.3. The van der Waals surface area contributed by atoms with Crippen LogP contribution in [0.4, 0.5) is 0 Å². The number of ether oxygens (including phenoxy) is 1. The van der Waals surface area contributed by atoms with Gasteiger partial charge < -0.3 is 4.74 Å². The number of ketones is 1. The van der Waals surface area contributed by atoms with Gasteiger partial charge in [-0.3, -0.25) is 9.78 Å². The maximum atomic E-state index is 12.0. The summed E-state index contributed by atoms with van der Waals surface area (Å²) in [6.45, 7) is 3.26. The van der Waals surface area contributed by atoms with Crippen LogP contribution in [-0.4, -0.2) is 24.0 Å². The Labute approximate surface area is 89.5 Å². The monoisotopic (exact) mass is 205 g/mol. The number of carbonyl (C=O) groups is 1. The van der Waals surface area contributed by atoms with Crippen molar-refractivity contribution in [2.45, 2.75) is 19.8 Å². The van der Waals surface area contributed by atoms with Gasteiger partial charge in [0.2, 0.25) is 0 Å². The van der Waals surface area contributed by atoms with E-state index in [0.717, 1.165) is 25.1 Å². The van der Waals surface area contributed by atoms with Crippen molar-refractivity contribution < 1.29 is 9.53 Å². The zero-order valence-corrected chi connectivity index (χ0v) is 8.90. The molecule has 2 heterocycles. The molecule has 0 saturated carbocycles. The Balaban J connectivity index is 2.09. The van der Waals surface area contributed by atoms with E-state index >= 15 is 0 Å². The maximum Gasteiger partial charge on any atom is 0.169 e. The van der Waals surface area contributed by atoms with Gasteiger partial charge in [-0.2, -0.15) is 0 Å². The van der Waals surface area contributed by atoms with Gasteiger partial charge in [-0.1, -0.05) is 0 Å². The molecule has 1 aliphatic heterocycles. The zero-order valence-electron chi connectivity index (χ0n) is 8.90. The number of Topliss-reactive ketones (excluding diaryl/α,β-unsaturated/α-hetero) is 1. The van der Waals surface area contributed by atoms with Crippen molar-refractivity contribution in [1.82, 2.24) is 4.98 Å². The first-order valence-electron chi connectivity index (χ1n) is 5.32. The van der Waals surface area contributed by atoms with Crippen LogP contribution in [0.1, 0.15) is 28.9 Å². The van der Waals surface area contributed by atoms with Crippen LogP contribution in [0.25, 0.3) is 0 Å². The molecule has 15 heavy (non-hydrogen) atoms. The summed E-state index contributed by atoms with van der Waals surface area (Å²) < 4.78 is 5.31. The molecule has 1 saturated heterocycles. The summed E-state index contributed by atoms with van der Waals surface area (Å²) >= 11 is 0. The molecule has 3 heteroatoms. The Morgan fingerprint density at radius 3 is 3.00 bits per heavy atom. The van der Waals surface area contributed by atoms with E-state index < -0.39 is 0 Å². The van der Waals surface area contributed by atoms with Crippen LogP contribution in [0.3, 0.4) is 0 Å². The van der Waals surface area contributed by atoms with Gasteiger partial charge in [-0.15, -0.1) is 0 Å². The fourth-order valence-corrected chi connectivity index (χ4v) is 1.80. The van der Waals surface area contributed by atoms with Gasteiger partial charge in [0.25, 0.3) is 0 Å². The first-order chi connectivity index (χ1) is 7.27. The third kappa shape index (κ3) is 2.42. The van der Waals surface area contributed by atoms with E-state index in [9.17, 15) is 4.79 Å². The van der Waals surface area contributed by atoms with Gasteiger partial charge in [0.15, 0.2) is 5.78 Å². The highest BCUT2D eigenvalue weighted by atomic mass is 16.5. The Bertz CT molecular complexity index is 339. The topological polar surface area (TPSA) is 39.2 Å². The molecule has 0 aromatic carbocycles. The van der Waals surface area contributed by atoms with E-state index in [1.165, 1.54) is 0 Å². The number of nitrogens with zero attached hydrogens (tertiary/aromatic N) is 1. The Hall–Kier alpha value is -1.22. The molecule has 1 atom stereocenters. The second-order valence-corrected chi connectivity index (χ2v) is 3.97. The van der Waals surface area contributed by atoms with E-state index in [1.807, 2.05) is 19.1 Å². The minimum absolute atomic E-state index is 0.0308. The Morgan fingerprint density at radius 2 is 2.40 bits per heavy atom. The first-order valence-corrected chi connectivity index (χ1v) is 5.32. The van der Waals surface area contributed by atoms with Crippen molar-refractivity contribution >= 4 is 5.78 Å². The van der Waals surface area contributed by atoms with Crippen LogP contribution in [0, 0.1) is 12.8 Å². The number of aromatic nitrogens is 1. The molecule has 2 rings (SSSR count). The maximum absolute atomic E-state index is 12.0. The van der Waals surface area contributed by atoms with E-state index in [0.29, 0.717) is 12.2 Å². The molecule has 1 unspecified atom stereocenters.